The smallest absolute Gasteiger partial charge is 0.227 e. The fourth-order valence-corrected chi connectivity index (χ4v) is 9.11. The average molecular weight is 760 g/mol. The van der Waals surface area contributed by atoms with E-state index in [4.69, 9.17) is 13.8 Å². The minimum Gasteiger partial charge on any atom is -0.456 e. The topological polar surface area (TPSA) is 59.4 Å². The molecule has 0 fully saturated rings. The first kappa shape index (κ1) is 33.6. The number of para-hydroxylation sites is 1. The van der Waals surface area contributed by atoms with Crippen molar-refractivity contribution < 1.29 is 8.83 Å². The van der Waals surface area contributed by atoms with Crippen LogP contribution in [0, 0.1) is 6.92 Å². The number of benzene rings is 8. The van der Waals surface area contributed by atoms with Gasteiger partial charge in [0.15, 0.2) is 12.9 Å². The van der Waals surface area contributed by atoms with E-state index in [9.17, 15) is 0 Å². The second-order valence-corrected chi connectivity index (χ2v) is 15.8. The van der Waals surface area contributed by atoms with E-state index in [1.807, 2.05) is 42.5 Å². The molecule has 0 unspecified atom stereocenters. The highest BCUT2D eigenvalue weighted by Crippen LogP contribution is 2.43. The van der Waals surface area contributed by atoms with Gasteiger partial charge in [0.25, 0.3) is 0 Å². The lowest BCUT2D eigenvalue weighted by Crippen LogP contribution is -2.37. The summed E-state index contributed by atoms with van der Waals surface area (Å²) in [4.78, 5) is 7.13. The molecule has 279 valence electrons. The fourth-order valence-electron chi connectivity index (χ4n) is 9.11. The maximum absolute atomic E-state index is 6.49. The number of aromatic nitrogens is 2. The van der Waals surface area contributed by atoms with Gasteiger partial charge in [-0.2, -0.15) is 0 Å². The zero-order chi connectivity index (χ0) is 39.4. The van der Waals surface area contributed by atoms with Crippen molar-refractivity contribution in [3.05, 3.63) is 163 Å². The van der Waals surface area contributed by atoms with E-state index in [1.165, 1.54) is 33.0 Å². The minimum absolute atomic E-state index is 0.613. The lowest BCUT2D eigenvalue weighted by atomic mass is 9.58. The molecule has 6 nitrogen and oxygen atoms in total. The molecular weight excluding hydrogens is 723 g/mol. The second kappa shape index (κ2) is 12.8. The highest BCUT2D eigenvalue weighted by molar-refractivity contribution is 6.73. The first-order valence-electron chi connectivity index (χ1n) is 20.0. The molecular formula is C52H36BN4O2. The van der Waals surface area contributed by atoms with Crippen LogP contribution in [0.2, 0.25) is 0 Å². The van der Waals surface area contributed by atoms with Crippen LogP contribution in [0.5, 0.6) is 0 Å². The molecule has 0 amide bonds. The Morgan fingerprint density at radius 1 is 0.610 bits per heavy atom. The lowest BCUT2D eigenvalue weighted by molar-refractivity contribution is 0.620. The quantitative estimate of drug-likeness (QED) is 0.171. The number of rotatable bonds is 6. The van der Waals surface area contributed by atoms with Crippen LogP contribution in [-0.2, 0) is 0 Å². The molecule has 0 spiro atoms. The Morgan fingerprint density at radius 3 is 2.17 bits per heavy atom. The van der Waals surface area contributed by atoms with Crippen molar-refractivity contribution in [2.24, 2.45) is 0 Å². The number of fused-ring (bicyclic) bond motifs is 9. The number of oxazole rings is 1. The highest BCUT2D eigenvalue weighted by Gasteiger charge is 2.29. The SMILES string of the molecule is Cc1cc(-c2cc3c(cc2Nc2ccc(N(C)C)cc2)oc2ccccc23)c2c3c1c1cc(-c4ccccc4)ccc1n3-c1cc3nc(-c4ccccc4)oc3cc1[B]2. The summed E-state index contributed by atoms with van der Waals surface area (Å²) in [5.41, 5.74) is 18.8. The normalized spacial score (nSPS) is 12.1. The maximum atomic E-state index is 6.49. The van der Waals surface area contributed by atoms with Crippen LogP contribution in [-0.4, -0.2) is 30.9 Å². The first-order valence-corrected chi connectivity index (χ1v) is 20.0. The highest BCUT2D eigenvalue weighted by atomic mass is 16.3. The Morgan fingerprint density at radius 2 is 1.37 bits per heavy atom. The summed E-state index contributed by atoms with van der Waals surface area (Å²) >= 11 is 0. The van der Waals surface area contributed by atoms with Gasteiger partial charge >= 0.3 is 0 Å². The van der Waals surface area contributed by atoms with Crippen molar-refractivity contribution in [3.8, 4) is 39.4 Å². The third-order valence-electron chi connectivity index (χ3n) is 11.9. The van der Waals surface area contributed by atoms with Gasteiger partial charge in [-0.25, -0.2) is 4.98 Å². The molecule has 8 aromatic carbocycles. The molecule has 1 N–H and O–H groups in total. The van der Waals surface area contributed by atoms with Crippen LogP contribution in [0.25, 0.3) is 94.2 Å². The molecule has 3 aromatic heterocycles. The molecule has 12 rings (SSSR count). The van der Waals surface area contributed by atoms with Crippen LogP contribution in [0.1, 0.15) is 5.56 Å². The van der Waals surface area contributed by atoms with Gasteiger partial charge in [-0.05, 0) is 107 Å². The lowest BCUT2D eigenvalue weighted by Gasteiger charge is -2.24. The molecule has 11 aromatic rings. The Labute approximate surface area is 341 Å². The van der Waals surface area contributed by atoms with Gasteiger partial charge in [0, 0.05) is 75.4 Å². The summed E-state index contributed by atoms with van der Waals surface area (Å²) in [7, 11) is 6.47. The number of anilines is 3. The predicted molar refractivity (Wildman–Crippen MR) is 246 cm³/mol. The van der Waals surface area contributed by atoms with Crippen LogP contribution < -0.4 is 21.1 Å². The standard InChI is InChI=1S/C52H36BN4O2/c1-30-24-39(37-26-38-36-16-10-11-17-46(36)58-47(38)29-42(37)54-34-19-21-35(22-20-34)56(2)3)50-51-49(30)40-25-33(31-12-6-4-7-13-31)18-23-44(40)57(51)45-28-43-48(27-41(45)53-50)59-52(55-43)32-14-8-5-9-15-32/h4-29,54H,1-3H3. The minimum atomic E-state index is 0.613. The Hall–Kier alpha value is -7.51. The number of hydrogen-bond donors (Lipinski definition) is 1. The molecule has 0 aliphatic carbocycles. The summed E-state index contributed by atoms with van der Waals surface area (Å²) in [6.45, 7) is 2.25. The molecule has 1 aliphatic rings. The van der Waals surface area contributed by atoms with Crippen molar-refractivity contribution in [3.63, 3.8) is 0 Å². The largest absolute Gasteiger partial charge is 0.456 e. The van der Waals surface area contributed by atoms with E-state index in [-0.39, 0.29) is 0 Å². The molecule has 0 bridgehead atoms. The Balaban J connectivity index is 1.14. The third kappa shape index (κ3) is 5.24. The van der Waals surface area contributed by atoms with Crippen molar-refractivity contribution in [1.82, 2.24) is 9.55 Å². The number of nitrogens with zero attached hydrogens (tertiary/aromatic N) is 3. The van der Waals surface area contributed by atoms with Crippen LogP contribution in [0.3, 0.4) is 0 Å². The van der Waals surface area contributed by atoms with Crippen molar-refractivity contribution in [2.45, 2.75) is 6.92 Å². The van der Waals surface area contributed by atoms with Gasteiger partial charge in [0.1, 0.15) is 16.7 Å². The molecule has 1 aliphatic heterocycles. The number of hydrogen-bond acceptors (Lipinski definition) is 5. The fraction of sp³-hybridized carbons (Fsp3) is 0.0577. The summed E-state index contributed by atoms with van der Waals surface area (Å²) in [6, 6.07) is 55.7. The monoisotopic (exact) mass is 759 g/mol. The van der Waals surface area contributed by atoms with Crippen molar-refractivity contribution in [1.29, 1.82) is 0 Å². The molecule has 7 heteroatoms. The zero-order valence-electron chi connectivity index (χ0n) is 32.7. The second-order valence-electron chi connectivity index (χ2n) is 15.8. The van der Waals surface area contributed by atoms with Gasteiger partial charge in [-0.15, -0.1) is 0 Å². The van der Waals surface area contributed by atoms with E-state index < -0.39 is 0 Å². The summed E-state index contributed by atoms with van der Waals surface area (Å²) in [6.07, 6.45) is 0. The van der Waals surface area contributed by atoms with Crippen LogP contribution >= 0.6 is 0 Å². The van der Waals surface area contributed by atoms with Gasteiger partial charge in [0.2, 0.25) is 5.89 Å². The van der Waals surface area contributed by atoms with E-state index in [1.54, 1.807) is 0 Å². The molecule has 0 saturated heterocycles. The first-order chi connectivity index (χ1) is 28.9. The Bertz CT molecular complexity index is 3470. The van der Waals surface area contributed by atoms with Crippen LogP contribution in [0.4, 0.5) is 17.1 Å². The number of furan rings is 1. The molecule has 4 heterocycles. The van der Waals surface area contributed by atoms with Gasteiger partial charge in [-0.1, -0.05) is 84.3 Å². The zero-order valence-corrected chi connectivity index (χ0v) is 32.7. The third-order valence-corrected chi connectivity index (χ3v) is 11.9. The summed E-state index contributed by atoms with van der Waals surface area (Å²) in [5.74, 6) is 0.613. The van der Waals surface area contributed by atoms with E-state index in [0.29, 0.717) is 5.89 Å². The Kier molecular flexibility index (Phi) is 7.27. The van der Waals surface area contributed by atoms with Crippen molar-refractivity contribution in [2.75, 3.05) is 24.3 Å². The van der Waals surface area contributed by atoms with Crippen LogP contribution in [0.15, 0.2) is 167 Å². The van der Waals surface area contributed by atoms with E-state index in [0.717, 1.165) is 88.9 Å². The molecule has 1 radical (unpaired) electrons. The molecule has 0 atom stereocenters. The molecule has 59 heavy (non-hydrogen) atoms. The average Bonchev–Trinajstić information content (AvgIpc) is 3.96. The maximum Gasteiger partial charge on any atom is 0.227 e. The predicted octanol–water partition coefficient (Wildman–Crippen LogP) is 11.9. The van der Waals surface area contributed by atoms with Crippen molar-refractivity contribution >= 4 is 90.1 Å². The van der Waals surface area contributed by atoms with E-state index >= 15 is 0 Å². The molecule has 0 saturated carbocycles. The van der Waals surface area contributed by atoms with Gasteiger partial charge < -0.3 is 23.6 Å². The van der Waals surface area contributed by atoms with E-state index in [2.05, 4.69) is 158 Å². The summed E-state index contributed by atoms with van der Waals surface area (Å²) in [5, 5.41) is 8.45. The van der Waals surface area contributed by atoms with Gasteiger partial charge in [0.05, 0.1) is 11.2 Å². The number of aryl methyl sites for hydroxylation is 1. The summed E-state index contributed by atoms with van der Waals surface area (Å²) < 4.78 is 15.4. The van der Waals surface area contributed by atoms with Gasteiger partial charge in [-0.3, -0.25) is 0 Å². The number of nitrogens with one attached hydrogen (secondary N) is 1.